The number of amides is 1. The van der Waals surface area contributed by atoms with Crippen molar-refractivity contribution in [1.29, 1.82) is 0 Å². The summed E-state index contributed by atoms with van der Waals surface area (Å²) in [6, 6.07) is 10.6. The van der Waals surface area contributed by atoms with E-state index in [0.717, 1.165) is 55.7 Å². The minimum Gasteiger partial charge on any atom is -0.465 e. The van der Waals surface area contributed by atoms with Gasteiger partial charge in [0.05, 0.1) is 0 Å². The highest BCUT2D eigenvalue weighted by Gasteiger charge is 2.46. The molecule has 1 saturated heterocycles. The van der Waals surface area contributed by atoms with Gasteiger partial charge in [0, 0.05) is 30.9 Å². The topological polar surface area (TPSA) is 65.5 Å². The standard InChI is InChI=1S/C20H22FN3O2/c21-16-4-1-14(2-5-16)15-3-6-18(22-13-15)24-9-7-20(8-10-24)11-17(12-20)23-19(25)26/h1-6,13,17,23H,7-12H2,(H,25,26). The van der Waals surface area contributed by atoms with Gasteiger partial charge >= 0.3 is 6.09 Å². The Balaban J connectivity index is 1.35. The van der Waals surface area contributed by atoms with Gasteiger partial charge in [-0.2, -0.15) is 0 Å². The van der Waals surface area contributed by atoms with Crippen molar-refractivity contribution in [2.24, 2.45) is 5.41 Å². The van der Waals surface area contributed by atoms with Gasteiger partial charge in [-0.3, -0.25) is 0 Å². The van der Waals surface area contributed by atoms with Gasteiger partial charge in [0.2, 0.25) is 0 Å². The van der Waals surface area contributed by atoms with Crippen molar-refractivity contribution in [2.75, 3.05) is 18.0 Å². The molecule has 2 aliphatic rings. The lowest BCUT2D eigenvalue weighted by atomic mass is 9.60. The second-order valence-corrected chi connectivity index (χ2v) is 7.45. The normalized spacial score (nSPS) is 19.2. The number of rotatable bonds is 3. The lowest BCUT2D eigenvalue weighted by Crippen LogP contribution is -2.54. The number of hydrogen-bond donors (Lipinski definition) is 2. The zero-order valence-electron chi connectivity index (χ0n) is 14.5. The number of benzene rings is 1. The van der Waals surface area contributed by atoms with Gasteiger partial charge in [-0.15, -0.1) is 0 Å². The van der Waals surface area contributed by atoms with Gasteiger partial charge in [-0.25, -0.2) is 14.2 Å². The summed E-state index contributed by atoms with van der Waals surface area (Å²) in [4.78, 5) is 17.6. The second-order valence-electron chi connectivity index (χ2n) is 7.45. The van der Waals surface area contributed by atoms with Crippen molar-refractivity contribution in [2.45, 2.75) is 31.7 Å². The Kier molecular flexibility index (Phi) is 4.26. The molecule has 1 saturated carbocycles. The molecule has 1 aromatic carbocycles. The molecule has 1 spiro atoms. The fourth-order valence-corrected chi connectivity index (χ4v) is 4.27. The monoisotopic (exact) mass is 355 g/mol. The maximum Gasteiger partial charge on any atom is 0.404 e. The summed E-state index contributed by atoms with van der Waals surface area (Å²) in [5.41, 5.74) is 2.23. The van der Waals surface area contributed by atoms with Crippen molar-refractivity contribution in [3.05, 3.63) is 48.4 Å². The molecule has 0 bridgehead atoms. The number of hydrogen-bond acceptors (Lipinski definition) is 3. The molecule has 2 N–H and O–H groups in total. The van der Waals surface area contributed by atoms with Crippen LogP contribution in [-0.4, -0.2) is 35.3 Å². The minimum atomic E-state index is -0.923. The van der Waals surface area contributed by atoms with Crippen LogP contribution < -0.4 is 10.2 Å². The van der Waals surface area contributed by atoms with Gasteiger partial charge in [0.15, 0.2) is 0 Å². The van der Waals surface area contributed by atoms with Crippen LogP contribution in [0.3, 0.4) is 0 Å². The van der Waals surface area contributed by atoms with E-state index < -0.39 is 6.09 Å². The van der Waals surface area contributed by atoms with E-state index in [4.69, 9.17) is 5.11 Å². The van der Waals surface area contributed by atoms with Gasteiger partial charge in [0.1, 0.15) is 11.6 Å². The van der Waals surface area contributed by atoms with Gasteiger partial charge in [-0.1, -0.05) is 12.1 Å². The van der Waals surface area contributed by atoms with E-state index >= 15 is 0 Å². The van der Waals surface area contributed by atoms with E-state index in [2.05, 4.69) is 15.2 Å². The van der Waals surface area contributed by atoms with Crippen LogP contribution in [0, 0.1) is 11.2 Å². The number of pyridine rings is 1. The van der Waals surface area contributed by atoms with E-state index in [0.29, 0.717) is 5.41 Å². The predicted molar refractivity (Wildman–Crippen MR) is 97.7 cm³/mol. The van der Waals surface area contributed by atoms with Crippen LogP contribution >= 0.6 is 0 Å². The molecule has 1 aromatic heterocycles. The Bertz CT molecular complexity index is 776. The molecule has 26 heavy (non-hydrogen) atoms. The average Bonchev–Trinajstić information content (AvgIpc) is 2.62. The fourth-order valence-electron chi connectivity index (χ4n) is 4.27. The summed E-state index contributed by atoms with van der Waals surface area (Å²) in [5, 5.41) is 11.4. The van der Waals surface area contributed by atoms with Crippen LogP contribution in [0.5, 0.6) is 0 Å². The molecule has 1 amide bonds. The van der Waals surface area contributed by atoms with Crippen LogP contribution in [0.25, 0.3) is 11.1 Å². The molecule has 0 unspecified atom stereocenters. The molecule has 136 valence electrons. The van der Waals surface area contributed by atoms with Crippen molar-refractivity contribution < 1.29 is 14.3 Å². The first-order valence-electron chi connectivity index (χ1n) is 8.99. The Morgan fingerprint density at radius 1 is 1.12 bits per heavy atom. The maximum atomic E-state index is 13.0. The summed E-state index contributed by atoms with van der Waals surface area (Å²) >= 11 is 0. The highest BCUT2D eigenvalue weighted by atomic mass is 19.1. The Labute approximate surface area is 151 Å². The zero-order valence-corrected chi connectivity index (χ0v) is 14.5. The van der Waals surface area contributed by atoms with Crippen LogP contribution in [0.2, 0.25) is 0 Å². The highest BCUT2D eigenvalue weighted by molar-refractivity contribution is 5.65. The predicted octanol–water partition coefficient (Wildman–Crippen LogP) is 3.90. The number of anilines is 1. The SMILES string of the molecule is O=C(O)NC1CC2(CCN(c3ccc(-c4ccc(F)cc4)cn3)CC2)C1. The lowest BCUT2D eigenvalue weighted by molar-refractivity contribution is 0.0529. The van der Waals surface area contributed by atoms with E-state index in [1.807, 2.05) is 18.3 Å². The van der Waals surface area contributed by atoms with Crippen LogP contribution in [0.1, 0.15) is 25.7 Å². The van der Waals surface area contributed by atoms with Crippen molar-refractivity contribution in [3.8, 4) is 11.1 Å². The molecule has 4 rings (SSSR count). The van der Waals surface area contributed by atoms with Gasteiger partial charge in [0.25, 0.3) is 0 Å². The van der Waals surface area contributed by atoms with E-state index in [-0.39, 0.29) is 11.9 Å². The van der Waals surface area contributed by atoms with E-state index in [1.165, 1.54) is 12.1 Å². The number of nitrogens with zero attached hydrogens (tertiary/aromatic N) is 2. The number of halogens is 1. The molecule has 2 aromatic rings. The average molecular weight is 355 g/mol. The number of carboxylic acid groups (broad SMARTS) is 1. The third-order valence-electron chi connectivity index (χ3n) is 5.76. The molecule has 1 aliphatic carbocycles. The number of aromatic nitrogens is 1. The summed E-state index contributed by atoms with van der Waals surface area (Å²) in [5.74, 6) is 0.725. The highest BCUT2D eigenvalue weighted by Crippen LogP contribution is 2.49. The number of nitrogens with one attached hydrogen (secondary N) is 1. The summed E-state index contributed by atoms with van der Waals surface area (Å²) < 4.78 is 13.0. The molecule has 0 atom stereocenters. The zero-order chi connectivity index (χ0) is 18.1. The third kappa shape index (κ3) is 3.36. The molecule has 0 radical (unpaired) electrons. The molecule has 6 heteroatoms. The first-order valence-corrected chi connectivity index (χ1v) is 8.99. The molecular weight excluding hydrogens is 333 g/mol. The van der Waals surface area contributed by atoms with E-state index in [9.17, 15) is 9.18 Å². The number of piperidine rings is 1. The Morgan fingerprint density at radius 3 is 2.35 bits per heavy atom. The smallest absolute Gasteiger partial charge is 0.404 e. The quantitative estimate of drug-likeness (QED) is 0.876. The molecule has 5 nitrogen and oxygen atoms in total. The largest absolute Gasteiger partial charge is 0.465 e. The maximum absolute atomic E-state index is 13.0. The summed E-state index contributed by atoms with van der Waals surface area (Å²) in [6.45, 7) is 1.89. The summed E-state index contributed by atoms with van der Waals surface area (Å²) in [6.07, 6.45) is 4.96. The molecule has 2 fully saturated rings. The van der Waals surface area contributed by atoms with Crippen molar-refractivity contribution >= 4 is 11.9 Å². The Morgan fingerprint density at radius 2 is 1.77 bits per heavy atom. The van der Waals surface area contributed by atoms with Crippen LogP contribution in [0.4, 0.5) is 15.0 Å². The van der Waals surface area contributed by atoms with Crippen LogP contribution in [-0.2, 0) is 0 Å². The van der Waals surface area contributed by atoms with E-state index in [1.54, 1.807) is 12.1 Å². The molecule has 2 heterocycles. The van der Waals surface area contributed by atoms with Crippen LogP contribution in [0.15, 0.2) is 42.6 Å². The van der Waals surface area contributed by atoms with Gasteiger partial charge in [-0.05, 0) is 60.9 Å². The third-order valence-corrected chi connectivity index (χ3v) is 5.76. The summed E-state index contributed by atoms with van der Waals surface area (Å²) in [7, 11) is 0. The van der Waals surface area contributed by atoms with Crippen molar-refractivity contribution in [3.63, 3.8) is 0 Å². The molecular formula is C20H22FN3O2. The fraction of sp³-hybridized carbons (Fsp3) is 0.400. The lowest BCUT2D eigenvalue weighted by Gasteiger charge is -2.52. The van der Waals surface area contributed by atoms with Crippen molar-refractivity contribution in [1.82, 2.24) is 10.3 Å². The Hall–Kier alpha value is -2.63. The first kappa shape index (κ1) is 16.8. The second kappa shape index (κ2) is 6.59. The van der Waals surface area contributed by atoms with Gasteiger partial charge < -0.3 is 15.3 Å². The molecule has 1 aliphatic heterocycles. The first-order chi connectivity index (χ1) is 12.5. The number of carbonyl (C=O) groups is 1. The minimum absolute atomic E-state index is 0.118.